The van der Waals surface area contributed by atoms with Gasteiger partial charge in [0.05, 0.1) is 0 Å². The van der Waals surface area contributed by atoms with Crippen LogP contribution in [0.2, 0.25) is 5.02 Å². The predicted octanol–water partition coefficient (Wildman–Crippen LogP) is 3.08. The number of aliphatic hydroxyl groups excluding tert-OH is 1. The number of alkyl halides is 1. The van der Waals surface area contributed by atoms with Crippen molar-refractivity contribution in [2.75, 3.05) is 6.61 Å². The lowest BCUT2D eigenvalue weighted by Gasteiger charge is -2.15. The molecule has 0 heterocycles. The van der Waals surface area contributed by atoms with Gasteiger partial charge in [-0.15, -0.1) is 0 Å². The Morgan fingerprint density at radius 3 is 2.50 bits per heavy atom. The maximum Gasteiger partial charge on any atom is 0.130 e. The highest BCUT2D eigenvalue weighted by molar-refractivity contribution is 6.31. The zero-order chi connectivity index (χ0) is 10.8. The molecule has 0 aromatic heterocycles. The topological polar surface area (TPSA) is 20.2 Å². The summed E-state index contributed by atoms with van der Waals surface area (Å²) in [6.07, 6.45) is 0.506. The Balaban J connectivity index is 3.01. The van der Waals surface area contributed by atoms with E-state index in [-0.39, 0.29) is 6.61 Å². The molecule has 0 bridgehead atoms. The lowest BCUT2D eigenvalue weighted by molar-refractivity contribution is 0.221. The number of benzene rings is 1. The molecule has 78 valence electrons. The van der Waals surface area contributed by atoms with Gasteiger partial charge in [-0.3, -0.25) is 0 Å². The lowest BCUT2D eigenvalue weighted by Crippen LogP contribution is -2.09. The molecule has 1 aromatic rings. The minimum atomic E-state index is -1.37. The first-order valence-electron chi connectivity index (χ1n) is 4.54. The summed E-state index contributed by atoms with van der Waals surface area (Å²) in [7, 11) is 0. The summed E-state index contributed by atoms with van der Waals surface area (Å²) in [4.78, 5) is 0. The van der Waals surface area contributed by atoms with Crippen molar-refractivity contribution in [1.82, 2.24) is 0 Å². The van der Waals surface area contributed by atoms with Gasteiger partial charge in [0.2, 0.25) is 0 Å². The molecule has 1 N–H and O–H groups in total. The molecule has 0 aliphatic heterocycles. The van der Waals surface area contributed by atoms with Gasteiger partial charge >= 0.3 is 0 Å². The van der Waals surface area contributed by atoms with Crippen LogP contribution >= 0.6 is 11.6 Å². The van der Waals surface area contributed by atoms with Crippen LogP contribution in [0.25, 0.3) is 0 Å². The molecule has 0 unspecified atom stereocenters. The molecular weight excluding hydrogens is 203 g/mol. The van der Waals surface area contributed by atoms with E-state index in [9.17, 15) is 4.39 Å². The molecule has 0 spiro atoms. The highest BCUT2D eigenvalue weighted by Crippen LogP contribution is 2.28. The molecule has 0 saturated carbocycles. The monoisotopic (exact) mass is 216 g/mol. The van der Waals surface area contributed by atoms with E-state index in [2.05, 4.69) is 0 Å². The first-order chi connectivity index (χ1) is 6.45. The van der Waals surface area contributed by atoms with Gasteiger partial charge in [0.25, 0.3) is 0 Å². The molecule has 0 fully saturated rings. The van der Waals surface area contributed by atoms with Crippen LogP contribution in [0.15, 0.2) is 18.2 Å². The molecular formula is C11H14ClFO. The Bertz CT molecular complexity index is 318. The zero-order valence-electron chi connectivity index (χ0n) is 8.35. The molecule has 3 heteroatoms. The molecule has 0 aliphatic carbocycles. The molecule has 1 nitrogen and oxygen atoms in total. The van der Waals surface area contributed by atoms with Gasteiger partial charge in [-0.05, 0) is 37.5 Å². The second-order valence-corrected chi connectivity index (χ2v) is 4.16. The van der Waals surface area contributed by atoms with Crippen LogP contribution < -0.4 is 0 Å². The number of hydrogen-bond acceptors (Lipinski definition) is 1. The van der Waals surface area contributed by atoms with Crippen molar-refractivity contribution in [1.29, 1.82) is 0 Å². The number of rotatable bonds is 3. The summed E-state index contributed by atoms with van der Waals surface area (Å²) in [5.41, 5.74) is 0.0350. The molecule has 14 heavy (non-hydrogen) atoms. The Morgan fingerprint density at radius 1 is 1.43 bits per heavy atom. The molecule has 0 atom stereocenters. The zero-order valence-corrected chi connectivity index (χ0v) is 9.11. The smallest absolute Gasteiger partial charge is 0.130 e. The van der Waals surface area contributed by atoms with Crippen LogP contribution in [0.5, 0.6) is 0 Å². The van der Waals surface area contributed by atoms with Crippen molar-refractivity contribution >= 4 is 11.6 Å². The van der Waals surface area contributed by atoms with Crippen LogP contribution in [-0.4, -0.2) is 11.7 Å². The average molecular weight is 217 g/mol. The van der Waals surface area contributed by atoms with Gasteiger partial charge in [-0.1, -0.05) is 23.7 Å². The third-order valence-electron chi connectivity index (χ3n) is 2.12. The molecule has 0 aliphatic rings. The highest BCUT2D eigenvalue weighted by atomic mass is 35.5. The first-order valence-corrected chi connectivity index (χ1v) is 4.91. The molecule has 0 amide bonds. The Morgan fingerprint density at radius 2 is 2.07 bits per heavy atom. The van der Waals surface area contributed by atoms with Gasteiger partial charge in [-0.2, -0.15) is 0 Å². The maximum absolute atomic E-state index is 13.5. The van der Waals surface area contributed by atoms with Gasteiger partial charge in [0.15, 0.2) is 0 Å². The van der Waals surface area contributed by atoms with Crippen molar-refractivity contribution in [2.24, 2.45) is 0 Å². The predicted molar refractivity (Wildman–Crippen MR) is 56.4 cm³/mol. The van der Waals surface area contributed by atoms with E-state index in [0.717, 1.165) is 5.56 Å². The van der Waals surface area contributed by atoms with E-state index in [1.807, 2.05) is 0 Å². The third-order valence-corrected chi connectivity index (χ3v) is 2.47. The number of halogens is 2. The fourth-order valence-corrected chi connectivity index (χ4v) is 1.52. The minimum absolute atomic E-state index is 0.0537. The van der Waals surface area contributed by atoms with Crippen molar-refractivity contribution in [3.8, 4) is 0 Å². The van der Waals surface area contributed by atoms with E-state index < -0.39 is 5.67 Å². The Hall–Kier alpha value is -0.600. The molecule has 1 rings (SSSR count). The summed E-state index contributed by atoms with van der Waals surface area (Å²) in [5.74, 6) is 0. The van der Waals surface area contributed by atoms with E-state index >= 15 is 0 Å². The van der Waals surface area contributed by atoms with Crippen molar-refractivity contribution in [3.63, 3.8) is 0 Å². The van der Waals surface area contributed by atoms with Gasteiger partial charge < -0.3 is 5.11 Å². The second kappa shape index (κ2) is 4.28. The largest absolute Gasteiger partial charge is 0.396 e. The SMILES string of the molecule is CC(C)(F)c1ccc(CCO)c(Cl)c1. The van der Waals surface area contributed by atoms with E-state index in [0.29, 0.717) is 17.0 Å². The Kier molecular flexibility index (Phi) is 3.51. The molecule has 0 saturated heterocycles. The molecule has 1 aromatic carbocycles. The average Bonchev–Trinajstić information content (AvgIpc) is 2.07. The summed E-state index contributed by atoms with van der Waals surface area (Å²) < 4.78 is 13.5. The van der Waals surface area contributed by atoms with Crippen LogP contribution in [0.3, 0.4) is 0 Å². The van der Waals surface area contributed by atoms with E-state index in [4.69, 9.17) is 16.7 Å². The van der Waals surface area contributed by atoms with Gasteiger partial charge in [0, 0.05) is 11.6 Å². The van der Waals surface area contributed by atoms with Crippen molar-refractivity contribution in [2.45, 2.75) is 25.9 Å². The Labute approximate surface area is 88.5 Å². The van der Waals surface area contributed by atoms with Crippen LogP contribution in [0.4, 0.5) is 4.39 Å². The van der Waals surface area contributed by atoms with Crippen LogP contribution in [0, 0.1) is 0 Å². The quantitative estimate of drug-likeness (QED) is 0.824. The van der Waals surface area contributed by atoms with Crippen molar-refractivity contribution < 1.29 is 9.50 Å². The highest BCUT2D eigenvalue weighted by Gasteiger charge is 2.19. The normalized spacial score (nSPS) is 11.8. The summed E-state index contributed by atoms with van der Waals surface area (Å²) in [6.45, 7) is 3.03. The molecule has 0 radical (unpaired) electrons. The fourth-order valence-electron chi connectivity index (χ4n) is 1.24. The standard InChI is InChI=1S/C11H14ClFO/c1-11(2,13)9-4-3-8(5-6-14)10(12)7-9/h3-4,7,14H,5-6H2,1-2H3. The summed E-state index contributed by atoms with van der Waals surface area (Å²) >= 11 is 5.94. The fraction of sp³-hybridized carbons (Fsp3) is 0.455. The van der Waals surface area contributed by atoms with Crippen LogP contribution in [-0.2, 0) is 12.1 Å². The van der Waals surface area contributed by atoms with E-state index in [1.165, 1.54) is 13.8 Å². The lowest BCUT2D eigenvalue weighted by atomic mass is 9.98. The minimum Gasteiger partial charge on any atom is -0.396 e. The second-order valence-electron chi connectivity index (χ2n) is 3.75. The van der Waals surface area contributed by atoms with Crippen molar-refractivity contribution in [3.05, 3.63) is 34.3 Å². The van der Waals surface area contributed by atoms with Gasteiger partial charge in [-0.25, -0.2) is 4.39 Å². The first kappa shape index (κ1) is 11.5. The van der Waals surface area contributed by atoms with E-state index in [1.54, 1.807) is 18.2 Å². The number of aliphatic hydroxyl groups is 1. The third kappa shape index (κ3) is 2.69. The van der Waals surface area contributed by atoms with Gasteiger partial charge in [0.1, 0.15) is 5.67 Å². The maximum atomic E-state index is 13.5. The summed E-state index contributed by atoms with van der Waals surface area (Å²) in [5, 5.41) is 9.26. The summed E-state index contributed by atoms with van der Waals surface area (Å²) in [6, 6.07) is 5.08. The van der Waals surface area contributed by atoms with Crippen LogP contribution in [0.1, 0.15) is 25.0 Å². The number of hydrogen-bond donors (Lipinski definition) is 1.